The average Bonchev–Trinajstić information content (AvgIpc) is 2.94. The number of amides is 1. The van der Waals surface area contributed by atoms with Crippen LogP contribution in [0.3, 0.4) is 0 Å². The lowest BCUT2D eigenvalue weighted by atomic mass is 10.1. The van der Waals surface area contributed by atoms with Crippen LogP contribution in [0.4, 0.5) is 0 Å². The summed E-state index contributed by atoms with van der Waals surface area (Å²) in [6.45, 7) is 1.60. The van der Waals surface area contributed by atoms with Crippen molar-refractivity contribution in [3.8, 4) is 0 Å². The van der Waals surface area contributed by atoms with E-state index in [1.807, 2.05) is 0 Å². The molecular weight excluding hydrogens is 252 g/mol. The third kappa shape index (κ3) is 2.62. The molecule has 0 radical (unpaired) electrons. The molecule has 0 aliphatic heterocycles. The number of aliphatic carboxylic acids is 1. The van der Waals surface area contributed by atoms with E-state index in [1.54, 1.807) is 14.0 Å². The SMILES string of the molecule is Cc1ncoc1C(=O)NC(C(=O)O)c1cnn(C)c1. The van der Waals surface area contributed by atoms with Crippen LogP contribution in [0.2, 0.25) is 0 Å². The maximum atomic E-state index is 11.9. The van der Waals surface area contributed by atoms with Gasteiger partial charge in [-0.15, -0.1) is 0 Å². The molecule has 1 atom stereocenters. The number of aromatic nitrogens is 3. The van der Waals surface area contributed by atoms with Gasteiger partial charge in [-0.3, -0.25) is 9.48 Å². The first kappa shape index (κ1) is 12.8. The Balaban J connectivity index is 2.21. The van der Waals surface area contributed by atoms with E-state index in [0.717, 1.165) is 6.39 Å². The molecule has 0 bridgehead atoms. The second-order valence-electron chi connectivity index (χ2n) is 3.96. The summed E-state index contributed by atoms with van der Waals surface area (Å²) in [4.78, 5) is 26.9. The summed E-state index contributed by atoms with van der Waals surface area (Å²) >= 11 is 0. The van der Waals surface area contributed by atoms with Gasteiger partial charge in [-0.25, -0.2) is 9.78 Å². The van der Waals surface area contributed by atoms with Crippen LogP contribution in [0.5, 0.6) is 0 Å². The molecule has 2 N–H and O–H groups in total. The molecule has 2 rings (SSSR count). The Morgan fingerprint density at radius 2 is 2.26 bits per heavy atom. The number of nitrogens with zero attached hydrogens (tertiary/aromatic N) is 3. The Kier molecular flexibility index (Phi) is 3.32. The van der Waals surface area contributed by atoms with Crippen molar-refractivity contribution in [1.29, 1.82) is 0 Å². The number of aryl methyl sites for hydroxylation is 2. The van der Waals surface area contributed by atoms with E-state index in [4.69, 9.17) is 9.52 Å². The first-order valence-corrected chi connectivity index (χ1v) is 5.41. The van der Waals surface area contributed by atoms with Gasteiger partial charge in [-0.2, -0.15) is 5.10 Å². The fourth-order valence-corrected chi connectivity index (χ4v) is 1.59. The predicted octanol–water partition coefficient (Wildman–Crippen LogP) is 0.272. The summed E-state index contributed by atoms with van der Waals surface area (Å²) in [7, 11) is 1.66. The third-order valence-corrected chi connectivity index (χ3v) is 2.53. The predicted molar refractivity (Wildman–Crippen MR) is 62.3 cm³/mol. The standard InChI is InChI=1S/C11H12N4O4/c1-6-9(19-5-12-6)10(16)14-8(11(17)18)7-3-13-15(2)4-7/h3-5,8H,1-2H3,(H,14,16)(H,17,18). The quantitative estimate of drug-likeness (QED) is 0.820. The van der Waals surface area contributed by atoms with Crippen molar-refractivity contribution in [2.24, 2.45) is 7.05 Å². The van der Waals surface area contributed by atoms with E-state index >= 15 is 0 Å². The summed E-state index contributed by atoms with van der Waals surface area (Å²) < 4.78 is 6.37. The second kappa shape index (κ2) is 4.92. The van der Waals surface area contributed by atoms with Gasteiger partial charge in [0, 0.05) is 18.8 Å². The van der Waals surface area contributed by atoms with Gasteiger partial charge in [-0.1, -0.05) is 0 Å². The molecule has 100 valence electrons. The highest BCUT2D eigenvalue weighted by Crippen LogP contribution is 2.14. The van der Waals surface area contributed by atoms with E-state index in [1.165, 1.54) is 17.1 Å². The minimum Gasteiger partial charge on any atom is -0.479 e. The number of hydrogen-bond acceptors (Lipinski definition) is 5. The number of hydrogen-bond donors (Lipinski definition) is 2. The summed E-state index contributed by atoms with van der Waals surface area (Å²) in [5, 5.41) is 15.4. The molecular formula is C11H12N4O4. The summed E-state index contributed by atoms with van der Waals surface area (Å²) in [5.41, 5.74) is 0.772. The normalized spacial score (nSPS) is 12.1. The van der Waals surface area contributed by atoms with E-state index in [9.17, 15) is 9.59 Å². The van der Waals surface area contributed by atoms with Gasteiger partial charge in [0.25, 0.3) is 5.91 Å². The Morgan fingerprint density at radius 1 is 1.53 bits per heavy atom. The number of carbonyl (C=O) groups excluding carboxylic acids is 1. The fourth-order valence-electron chi connectivity index (χ4n) is 1.59. The van der Waals surface area contributed by atoms with E-state index in [-0.39, 0.29) is 5.76 Å². The van der Waals surface area contributed by atoms with Gasteiger partial charge in [0.2, 0.25) is 5.76 Å². The zero-order valence-corrected chi connectivity index (χ0v) is 10.3. The van der Waals surface area contributed by atoms with Crippen LogP contribution in [0.15, 0.2) is 23.2 Å². The largest absolute Gasteiger partial charge is 0.479 e. The molecule has 0 saturated carbocycles. The molecule has 0 aliphatic rings. The average molecular weight is 264 g/mol. The van der Waals surface area contributed by atoms with Gasteiger partial charge in [-0.05, 0) is 6.92 Å². The minimum absolute atomic E-state index is 0.00450. The molecule has 0 spiro atoms. The van der Waals surface area contributed by atoms with Crippen LogP contribution in [0.1, 0.15) is 27.9 Å². The maximum absolute atomic E-state index is 11.9. The van der Waals surface area contributed by atoms with Crippen molar-refractivity contribution in [2.75, 3.05) is 0 Å². The van der Waals surface area contributed by atoms with Crippen molar-refractivity contribution in [3.05, 3.63) is 35.8 Å². The monoisotopic (exact) mass is 264 g/mol. The highest BCUT2D eigenvalue weighted by Gasteiger charge is 2.26. The summed E-state index contributed by atoms with van der Waals surface area (Å²) in [6.07, 6.45) is 4.03. The fraction of sp³-hybridized carbons (Fsp3) is 0.273. The molecule has 0 aliphatic carbocycles. The van der Waals surface area contributed by atoms with Gasteiger partial charge in [0.15, 0.2) is 12.4 Å². The Bertz CT molecular complexity index is 616. The zero-order chi connectivity index (χ0) is 14.0. The Hall–Kier alpha value is -2.64. The molecule has 0 saturated heterocycles. The number of oxazole rings is 1. The van der Waals surface area contributed by atoms with Crippen LogP contribution in [-0.4, -0.2) is 31.7 Å². The van der Waals surface area contributed by atoms with Crippen LogP contribution in [-0.2, 0) is 11.8 Å². The van der Waals surface area contributed by atoms with Crippen molar-refractivity contribution in [2.45, 2.75) is 13.0 Å². The van der Waals surface area contributed by atoms with Crippen LogP contribution < -0.4 is 5.32 Å². The molecule has 1 amide bonds. The molecule has 8 heteroatoms. The molecule has 0 fully saturated rings. The van der Waals surface area contributed by atoms with E-state index < -0.39 is 17.9 Å². The number of carboxylic acids is 1. The molecule has 2 heterocycles. The van der Waals surface area contributed by atoms with Crippen molar-refractivity contribution in [1.82, 2.24) is 20.1 Å². The lowest BCUT2D eigenvalue weighted by Gasteiger charge is -2.11. The molecule has 2 aromatic rings. The van der Waals surface area contributed by atoms with E-state index in [2.05, 4.69) is 15.4 Å². The van der Waals surface area contributed by atoms with Crippen molar-refractivity contribution < 1.29 is 19.1 Å². The van der Waals surface area contributed by atoms with Gasteiger partial charge < -0.3 is 14.8 Å². The second-order valence-corrected chi connectivity index (χ2v) is 3.96. The Labute approximate surface area is 108 Å². The first-order valence-electron chi connectivity index (χ1n) is 5.41. The van der Waals surface area contributed by atoms with Gasteiger partial charge in [0.05, 0.1) is 11.9 Å². The van der Waals surface area contributed by atoms with Gasteiger partial charge in [0.1, 0.15) is 0 Å². The van der Waals surface area contributed by atoms with E-state index in [0.29, 0.717) is 11.3 Å². The topological polar surface area (TPSA) is 110 Å². The van der Waals surface area contributed by atoms with Crippen LogP contribution in [0, 0.1) is 6.92 Å². The first-order chi connectivity index (χ1) is 8.99. The highest BCUT2D eigenvalue weighted by molar-refractivity contribution is 5.95. The third-order valence-electron chi connectivity index (χ3n) is 2.53. The maximum Gasteiger partial charge on any atom is 0.331 e. The van der Waals surface area contributed by atoms with Crippen LogP contribution in [0.25, 0.3) is 0 Å². The molecule has 0 aromatic carbocycles. The molecule has 2 aromatic heterocycles. The number of nitrogens with one attached hydrogen (secondary N) is 1. The van der Waals surface area contributed by atoms with Crippen molar-refractivity contribution in [3.63, 3.8) is 0 Å². The van der Waals surface area contributed by atoms with Crippen molar-refractivity contribution >= 4 is 11.9 Å². The number of carboxylic acid groups (broad SMARTS) is 1. The molecule has 19 heavy (non-hydrogen) atoms. The lowest BCUT2D eigenvalue weighted by Crippen LogP contribution is -2.33. The lowest BCUT2D eigenvalue weighted by molar-refractivity contribution is -0.139. The summed E-state index contributed by atoms with van der Waals surface area (Å²) in [5.74, 6) is -1.82. The van der Waals surface area contributed by atoms with Gasteiger partial charge >= 0.3 is 5.97 Å². The molecule has 8 nitrogen and oxygen atoms in total. The van der Waals surface area contributed by atoms with Crippen LogP contribution >= 0.6 is 0 Å². The smallest absolute Gasteiger partial charge is 0.331 e. The molecule has 1 unspecified atom stereocenters. The number of carbonyl (C=O) groups is 2. The Morgan fingerprint density at radius 3 is 2.74 bits per heavy atom. The number of rotatable bonds is 4. The summed E-state index contributed by atoms with van der Waals surface area (Å²) in [6, 6.07) is -1.19. The zero-order valence-electron chi connectivity index (χ0n) is 10.3. The highest BCUT2D eigenvalue weighted by atomic mass is 16.4. The minimum atomic E-state index is -1.19.